The van der Waals surface area contributed by atoms with Crippen molar-refractivity contribution in [1.82, 2.24) is 10.6 Å². The van der Waals surface area contributed by atoms with Gasteiger partial charge in [0.15, 0.2) is 18.1 Å². The van der Waals surface area contributed by atoms with E-state index in [0.29, 0.717) is 28.4 Å². The third-order valence-corrected chi connectivity index (χ3v) is 3.91. The minimum Gasteiger partial charge on any atom is -0.493 e. The molecule has 0 fully saturated rings. The molecule has 0 spiro atoms. The van der Waals surface area contributed by atoms with Crippen LogP contribution in [0.25, 0.3) is 0 Å². The van der Waals surface area contributed by atoms with Gasteiger partial charge in [-0.15, -0.1) is 0 Å². The van der Waals surface area contributed by atoms with Crippen LogP contribution in [0.15, 0.2) is 42.5 Å². The Hall–Kier alpha value is -3.75. The third kappa shape index (κ3) is 6.40. The molecule has 0 aliphatic rings. The highest BCUT2D eigenvalue weighted by atomic mass is 16.5. The average molecular weight is 414 g/mol. The first kappa shape index (κ1) is 22.5. The first-order chi connectivity index (χ1) is 14.3. The molecule has 0 saturated carbocycles. The zero-order valence-electron chi connectivity index (χ0n) is 17.4. The summed E-state index contributed by atoms with van der Waals surface area (Å²) in [7, 11) is 2.95. The minimum atomic E-state index is -0.398. The predicted molar refractivity (Wildman–Crippen MR) is 114 cm³/mol. The van der Waals surface area contributed by atoms with Crippen molar-refractivity contribution >= 4 is 29.2 Å². The monoisotopic (exact) mass is 414 g/mol. The van der Waals surface area contributed by atoms with E-state index in [-0.39, 0.29) is 24.6 Å². The fourth-order valence-electron chi connectivity index (χ4n) is 2.46. The van der Waals surface area contributed by atoms with Crippen LogP contribution < -0.4 is 30.7 Å². The van der Waals surface area contributed by atoms with Crippen LogP contribution in [0.5, 0.6) is 11.5 Å². The number of ether oxygens (including phenoxy) is 2. The highest BCUT2D eigenvalue weighted by molar-refractivity contribution is 6.07. The molecule has 0 heterocycles. The maximum absolute atomic E-state index is 12.7. The van der Waals surface area contributed by atoms with Crippen LogP contribution in [0.4, 0.5) is 16.2 Å². The molecular formula is C21H26N4O5. The molecule has 0 aliphatic heterocycles. The standard InChI is InChI=1S/C21H26N4O5/c1-13(2)23-21(28)25-16-8-6-5-7-15(16)24-20(27)14-9-10-17(18(11-14)29-4)30-12-19(26)22-3/h5-11,13H,12H2,1-4H3,(H,22,26)(H,24,27)(H2,23,25,28). The number of hydrogen-bond donors (Lipinski definition) is 4. The topological polar surface area (TPSA) is 118 Å². The summed E-state index contributed by atoms with van der Waals surface area (Å²) in [4.78, 5) is 36.1. The molecule has 2 aromatic carbocycles. The van der Waals surface area contributed by atoms with Crippen molar-refractivity contribution in [2.75, 3.05) is 31.4 Å². The van der Waals surface area contributed by atoms with Crippen molar-refractivity contribution in [3.8, 4) is 11.5 Å². The van der Waals surface area contributed by atoms with E-state index in [9.17, 15) is 14.4 Å². The third-order valence-electron chi connectivity index (χ3n) is 3.91. The van der Waals surface area contributed by atoms with Crippen molar-refractivity contribution in [2.45, 2.75) is 19.9 Å². The summed E-state index contributed by atoms with van der Waals surface area (Å²) < 4.78 is 10.7. The van der Waals surface area contributed by atoms with Crippen LogP contribution in [0.2, 0.25) is 0 Å². The van der Waals surface area contributed by atoms with Gasteiger partial charge in [-0.1, -0.05) is 12.1 Å². The quantitative estimate of drug-likeness (QED) is 0.530. The molecular weight excluding hydrogens is 388 g/mol. The Labute approximate surface area is 175 Å². The van der Waals surface area contributed by atoms with E-state index in [1.165, 1.54) is 20.2 Å². The van der Waals surface area contributed by atoms with Crippen LogP contribution in [0.3, 0.4) is 0 Å². The molecule has 0 radical (unpaired) electrons. The first-order valence-electron chi connectivity index (χ1n) is 9.33. The fraction of sp³-hybridized carbons (Fsp3) is 0.286. The normalized spacial score (nSPS) is 10.2. The number of para-hydroxylation sites is 2. The molecule has 2 aromatic rings. The number of rotatable bonds is 8. The van der Waals surface area contributed by atoms with Crippen molar-refractivity contribution in [3.05, 3.63) is 48.0 Å². The zero-order valence-corrected chi connectivity index (χ0v) is 17.4. The van der Waals surface area contributed by atoms with Gasteiger partial charge in [-0.25, -0.2) is 4.79 Å². The van der Waals surface area contributed by atoms with Gasteiger partial charge >= 0.3 is 6.03 Å². The van der Waals surface area contributed by atoms with E-state index in [2.05, 4.69) is 21.3 Å². The fourth-order valence-corrected chi connectivity index (χ4v) is 2.46. The molecule has 4 N–H and O–H groups in total. The number of hydrogen-bond acceptors (Lipinski definition) is 5. The summed E-state index contributed by atoms with van der Waals surface area (Å²) in [6.45, 7) is 3.53. The van der Waals surface area contributed by atoms with Crippen LogP contribution in [0, 0.1) is 0 Å². The van der Waals surface area contributed by atoms with Gasteiger partial charge in [0.1, 0.15) is 0 Å². The predicted octanol–water partition coefficient (Wildman–Crippen LogP) is 2.60. The van der Waals surface area contributed by atoms with E-state index in [0.717, 1.165) is 0 Å². The summed E-state index contributed by atoms with van der Waals surface area (Å²) in [6, 6.07) is 11.1. The molecule has 9 heteroatoms. The zero-order chi connectivity index (χ0) is 22.1. The van der Waals surface area contributed by atoms with Crippen LogP contribution >= 0.6 is 0 Å². The largest absolute Gasteiger partial charge is 0.493 e. The highest BCUT2D eigenvalue weighted by Crippen LogP contribution is 2.29. The summed E-state index contributed by atoms with van der Waals surface area (Å²) >= 11 is 0. The summed E-state index contributed by atoms with van der Waals surface area (Å²) in [5, 5.41) is 10.7. The maximum atomic E-state index is 12.7. The second-order valence-electron chi connectivity index (χ2n) is 6.58. The Morgan fingerprint density at radius 2 is 1.63 bits per heavy atom. The lowest BCUT2D eigenvalue weighted by Gasteiger charge is -2.15. The van der Waals surface area contributed by atoms with E-state index >= 15 is 0 Å². The molecule has 4 amide bonds. The van der Waals surface area contributed by atoms with Crippen molar-refractivity contribution < 1.29 is 23.9 Å². The summed E-state index contributed by atoms with van der Waals surface area (Å²) in [5.74, 6) is -0.0338. The number of anilines is 2. The van der Waals surface area contributed by atoms with Gasteiger partial charge in [0, 0.05) is 18.7 Å². The molecule has 9 nitrogen and oxygen atoms in total. The van der Waals surface area contributed by atoms with Gasteiger partial charge in [0.05, 0.1) is 18.5 Å². The minimum absolute atomic E-state index is 0.0247. The second-order valence-corrected chi connectivity index (χ2v) is 6.58. The lowest BCUT2D eigenvalue weighted by Crippen LogP contribution is -2.34. The summed E-state index contributed by atoms with van der Waals surface area (Å²) in [6.07, 6.45) is 0. The Morgan fingerprint density at radius 1 is 0.967 bits per heavy atom. The Bertz CT molecular complexity index is 914. The highest BCUT2D eigenvalue weighted by Gasteiger charge is 2.14. The lowest BCUT2D eigenvalue weighted by atomic mass is 10.1. The van der Waals surface area contributed by atoms with E-state index < -0.39 is 5.91 Å². The number of methoxy groups -OCH3 is 1. The Morgan fingerprint density at radius 3 is 2.23 bits per heavy atom. The second kappa shape index (κ2) is 10.7. The van der Waals surface area contributed by atoms with Crippen LogP contribution in [-0.2, 0) is 4.79 Å². The van der Waals surface area contributed by atoms with Crippen LogP contribution in [-0.4, -0.2) is 44.7 Å². The van der Waals surface area contributed by atoms with Crippen molar-refractivity contribution in [1.29, 1.82) is 0 Å². The maximum Gasteiger partial charge on any atom is 0.319 e. The summed E-state index contributed by atoms with van der Waals surface area (Å²) in [5.41, 5.74) is 1.22. The van der Waals surface area contributed by atoms with Crippen molar-refractivity contribution in [3.63, 3.8) is 0 Å². The average Bonchev–Trinajstić information content (AvgIpc) is 2.72. The van der Waals surface area contributed by atoms with E-state index in [4.69, 9.17) is 9.47 Å². The molecule has 2 rings (SSSR count). The number of carbonyl (C=O) groups is 3. The van der Waals surface area contributed by atoms with E-state index in [1.807, 2.05) is 13.8 Å². The lowest BCUT2D eigenvalue weighted by molar-refractivity contribution is -0.122. The first-order valence-corrected chi connectivity index (χ1v) is 9.33. The SMILES string of the molecule is CNC(=O)COc1ccc(C(=O)Nc2ccccc2NC(=O)NC(C)C)cc1OC. The van der Waals surface area contributed by atoms with Gasteiger partial charge in [0.2, 0.25) is 0 Å². The number of carbonyl (C=O) groups excluding carboxylic acids is 3. The van der Waals surface area contributed by atoms with Crippen molar-refractivity contribution in [2.24, 2.45) is 0 Å². The number of nitrogens with one attached hydrogen (secondary N) is 4. The Balaban J connectivity index is 2.14. The van der Waals surface area contributed by atoms with Gasteiger partial charge in [-0.2, -0.15) is 0 Å². The van der Waals surface area contributed by atoms with Crippen LogP contribution in [0.1, 0.15) is 24.2 Å². The number of benzene rings is 2. The number of urea groups is 1. The molecule has 0 bridgehead atoms. The molecule has 0 saturated heterocycles. The smallest absolute Gasteiger partial charge is 0.319 e. The molecule has 160 valence electrons. The van der Waals surface area contributed by atoms with Gasteiger partial charge in [0.25, 0.3) is 11.8 Å². The van der Waals surface area contributed by atoms with Gasteiger partial charge < -0.3 is 30.7 Å². The van der Waals surface area contributed by atoms with E-state index in [1.54, 1.807) is 36.4 Å². The molecule has 0 aromatic heterocycles. The van der Waals surface area contributed by atoms with Gasteiger partial charge in [-0.05, 0) is 44.2 Å². The number of likely N-dealkylation sites (N-methyl/N-ethyl adjacent to an activating group) is 1. The molecule has 30 heavy (non-hydrogen) atoms. The Kier molecular flexibility index (Phi) is 8.04. The molecule has 0 atom stereocenters. The molecule has 0 aliphatic carbocycles. The molecule has 0 unspecified atom stereocenters. The number of amides is 4. The van der Waals surface area contributed by atoms with Gasteiger partial charge in [-0.3, -0.25) is 9.59 Å².